The first-order chi connectivity index (χ1) is 14.5. The maximum Gasteiger partial charge on any atom is 0.242 e. The number of fused-ring (bicyclic) bond motifs is 4. The van der Waals surface area contributed by atoms with Crippen LogP contribution in [0.15, 0.2) is 59.6 Å². The average molecular weight is 426 g/mol. The summed E-state index contributed by atoms with van der Waals surface area (Å²) in [5.74, 6) is 1.84. The van der Waals surface area contributed by atoms with Crippen LogP contribution in [-0.4, -0.2) is 49.9 Å². The molecule has 0 atom stereocenters. The third-order valence-corrected chi connectivity index (χ3v) is 6.78. The Morgan fingerprint density at radius 3 is 2.70 bits per heavy atom. The van der Waals surface area contributed by atoms with Crippen LogP contribution in [0.3, 0.4) is 0 Å². The van der Waals surface area contributed by atoms with Gasteiger partial charge >= 0.3 is 0 Å². The second-order valence-corrected chi connectivity index (χ2v) is 8.99. The van der Waals surface area contributed by atoms with Crippen molar-refractivity contribution in [3.8, 4) is 16.9 Å². The Balaban J connectivity index is 1.74. The van der Waals surface area contributed by atoms with Gasteiger partial charge in [-0.2, -0.15) is 4.98 Å². The van der Waals surface area contributed by atoms with Crippen LogP contribution in [0.5, 0.6) is 5.75 Å². The van der Waals surface area contributed by atoms with E-state index in [2.05, 4.69) is 20.6 Å². The zero-order valence-electron chi connectivity index (χ0n) is 16.8. The highest BCUT2D eigenvalue weighted by atomic mass is 32.2. The molecule has 1 aliphatic heterocycles. The molecule has 2 heterocycles. The van der Waals surface area contributed by atoms with Gasteiger partial charge in [0.2, 0.25) is 16.0 Å². The predicted octanol–water partition coefficient (Wildman–Crippen LogP) is 3.33. The highest BCUT2D eigenvalue weighted by molar-refractivity contribution is 7.89. The molecule has 1 aliphatic rings. The molecule has 0 fully saturated rings. The predicted molar refractivity (Wildman–Crippen MR) is 117 cm³/mol. The number of nitrogens with zero attached hydrogens (tertiary/aromatic N) is 3. The first-order valence-electron chi connectivity index (χ1n) is 9.56. The number of rotatable bonds is 2. The van der Waals surface area contributed by atoms with Crippen molar-refractivity contribution in [3.63, 3.8) is 0 Å². The van der Waals surface area contributed by atoms with Crippen LogP contribution < -0.4 is 15.4 Å². The minimum atomic E-state index is -3.56. The zero-order valence-corrected chi connectivity index (χ0v) is 17.6. The lowest BCUT2D eigenvalue weighted by Crippen LogP contribution is -2.29. The maximum atomic E-state index is 12.8. The summed E-state index contributed by atoms with van der Waals surface area (Å²) in [6.45, 7) is 0.958. The van der Waals surface area contributed by atoms with Crippen molar-refractivity contribution >= 4 is 27.5 Å². The number of hydrogen-bond donors (Lipinski definition) is 2. The van der Waals surface area contributed by atoms with Crippen molar-refractivity contribution in [2.24, 2.45) is 0 Å². The Hall–Kier alpha value is -3.17. The molecule has 0 radical (unpaired) electrons. The van der Waals surface area contributed by atoms with E-state index in [0.717, 1.165) is 16.9 Å². The zero-order chi connectivity index (χ0) is 21.1. The van der Waals surface area contributed by atoms with Gasteiger partial charge < -0.3 is 15.4 Å². The second-order valence-electron chi connectivity index (χ2n) is 6.94. The number of ether oxygens (including phenoxy) is 1. The lowest BCUT2D eigenvalue weighted by atomic mass is 10.1. The molecule has 4 rings (SSSR count). The summed E-state index contributed by atoms with van der Waals surface area (Å²) >= 11 is 0. The first-order valence-corrected chi connectivity index (χ1v) is 11.0. The molecule has 0 saturated heterocycles. The molecule has 0 aliphatic carbocycles. The van der Waals surface area contributed by atoms with Crippen molar-refractivity contribution in [2.45, 2.75) is 11.3 Å². The van der Waals surface area contributed by atoms with Crippen LogP contribution in [0.1, 0.15) is 6.42 Å². The van der Waals surface area contributed by atoms with E-state index >= 15 is 0 Å². The molecule has 156 valence electrons. The lowest BCUT2D eigenvalue weighted by Gasteiger charge is -2.17. The van der Waals surface area contributed by atoms with E-state index < -0.39 is 10.0 Å². The molecule has 2 N–H and O–H groups in total. The SMILES string of the molecule is COc1ccc(-c2cnc3nc2NCCCN(C)S(=O)(=O)c2cccc(c2)N3)cc1. The van der Waals surface area contributed by atoms with Gasteiger partial charge in [0.25, 0.3) is 0 Å². The van der Waals surface area contributed by atoms with Crippen molar-refractivity contribution < 1.29 is 13.2 Å². The molecule has 4 bridgehead atoms. The molecule has 0 amide bonds. The van der Waals surface area contributed by atoms with E-state index in [1.807, 2.05) is 24.3 Å². The quantitative estimate of drug-likeness (QED) is 0.650. The third kappa shape index (κ3) is 4.07. The molecule has 8 nitrogen and oxygen atoms in total. The molecule has 1 aromatic heterocycles. The van der Waals surface area contributed by atoms with Gasteiger partial charge in [-0.05, 0) is 42.3 Å². The average Bonchev–Trinajstić information content (AvgIpc) is 2.77. The summed E-state index contributed by atoms with van der Waals surface area (Å²) in [5.41, 5.74) is 2.41. The van der Waals surface area contributed by atoms with Crippen molar-refractivity contribution in [1.29, 1.82) is 0 Å². The van der Waals surface area contributed by atoms with Crippen LogP contribution in [-0.2, 0) is 10.0 Å². The molecule has 3 aromatic rings. The van der Waals surface area contributed by atoms with E-state index in [1.165, 1.54) is 4.31 Å². The monoisotopic (exact) mass is 425 g/mol. The Bertz CT molecular complexity index is 1150. The number of anilines is 3. The Kier molecular flexibility index (Phi) is 5.56. The molecule has 30 heavy (non-hydrogen) atoms. The number of nitrogens with one attached hydrogen (secondary N) is 2. The van der Waals surface area contributed by atoms with Gasteiger partial charge in [-0.15, -0.1) is 0 Å². The van der Waals surface area contributed by atoms with Crippen LogP contribution in [0.4, 0.5) is 17.5 Å². The molecule has 0 spiro atoms. The van der Waals surface area contributed by atoms with Gasteiger partial charge in [-0.3, -0.25) is 0 Å². The second kappa shape index (κ2) is 8.29. The van der Waals surface area contributed by atoms with Gasteiger partial charge in [-0.25, -0.2) is 17.7 Å². The summed E-state index contributed by atoms with van der Waals surface area (Å²) in [6, 6.07) is 14.4. The largest absolute Gasteiger partial charge is 0.497 e. The fourth-order valence-electron chi connectivity index (χ4n) is 3.23. The summed E-state index contributed by atoms with van der Waals surface area (Å²) in [7, 11) is -0.335. The van der Waals surface area contributed by atoms with Gasteiger partial charge in [0.15, 0.2) is 0 Å². The molecular formula is C21H23N5O3S. The van der Waals surface area contributed by atoms with Gasteiger partial charge in [0.1, 0.15) is 11.6 Å². The van der Waals surface area contributed by atoms with Crippen molar-refractivity contribution in [1.82, 2.24) is 14.3 Å². The summed E-state index contributed by atoms with van der Waals surface area (Å²) in [6.07, 6.45) is 2.38. The van der Waals surface area contributed by atoms with Crippen LogP contribution in [0.2, 0.25) is 0 Å². The van der Waals surface area contributed by atoms with E-state index in [-0.39, 0.29) is 4.90 Å². The molecule has 0 saturated carbocycles. The number of benzene rings is 2. The summed E-state index contributed by atoms with van der Waals surface area (Å²) in [5, 5.41) is 6.44. The highest BCUT2D eigenvalue weighted by Gasteiger charge is 2.21. The maximum absolute atomic E-state index is 12.8. The topological polar surface area (TPSA) is 96.5 Å². The Morgan fingerprint density at radius 2 is 1.93 bits per heavy atom. The number of methoxy groups -OCH3 is 1. The van der Waals surface area contributed by atoms with Crippen LogP contribution in [0.25, 0.3) is 11.1 Å². The fourth-order valence-corrected chi connectivity index (χ4v) is 4.49. The standard InChI is InChI=1S/C21H23N5O3S/c1-26-12-4-11-22-20-19(15-7-9-17(29-2)10-8-15)14-23-21(25-20)24-16-5-3-6-18(13-16)30(26,27)28/h3,5-10,13-14H,4,11-12H2,1-2H3,(H2,22,23,24,25). The van der Waals surface area contributed by atoms with Gasteiger partial charge in [-0.1, -0.05) is 18.2 Å². The number of aromatic nitrogens is 2. The number of hydrogen-bond acceptors (Lipinski definition) is 7. The van der Waals surface area contributed by atoms with E-state index in [1.54, 1.807) is 44.6 Å². The third-order valence-electron chi connectivity index (χ3n) is 4.93. The van der Waals surface area contributed by atoms with Gasteiger partial charge in [0.05, 0.1) is 12.0 Å². The van der Waals surface area contributed by atoms with Crippen molar-refractivity contribution in [2.75, 3.05) is 37.9 Å². The van der Waals surface area contributed by atoms with Crippen LogP contribution in [0, 0.1) is 0 Å². The summed E-state index contributed by atoms with van der Waals surface area (Å²) in [4.78, 5) is 9.30. The number of sulfonamides is 1. The van der Waals surface area contributed by atoms with E-state index in [9.17, 15) is 8.42 Å². The minimum absolute atomic E-state index is 0.234. The lowest BCUT2D eigenvalue weighted by molar-refractivity contribution is 0.415. The van der Waals surface area contributed by atoms with Crippen LogP contribution >= 0.6 is 0 Å². The Labute approximate surface area is 176 Å². The van der Waals surface area contributed by atoms with Gasteiger partial charge in [0, 0.05) is 37.6 Å². The minimum Gasteiger partial charge on any atom is -0.497 e. The van der Waals surface area contributed by atoms with Crippen molar-refractivity contribution in [3.05, 3.63) is 54.7 Å². The normalized spacial score (nSPS) is 16.2. The van der Waals surface area contributed by atoms with E-state index in [4.69, 9.17) is 4.74 Å². The smallest absolute Gasteiger partial charge is 0.242 e. The van der Waals surface area contributed by atoms with E-state index in [0.29, 0.717) is 37.0 Å². The molecule has 0 unspecified atom stereocenters. The highest BCUT2D eigenvalue weighted by Crippen LogP contribution is 2.29. The summed E-state index contributed by atoms with van der Waals surface area (Å²) < 4.78 is 32.2. The Morgan fingerprint density at radius 1 is 1.13 bits per heavy atom. The molecular weight excluding hydrogens is 402 g/mol. The first kappa shape index (κ1) is 20.1. The molecule has 2 aromatic carbocycles. The molecule has 9 heteroatoms. The fraction of sp³-hybridized carbons (Fsp3) is 0.238.